The van der Waals surface area contributed by atoms with Crippen LogP contribution in [0.25, 0.3) is 11.1 Å². The monoisotopic (exact) mass is 455 g/mol. The number of carboxylic acid groups (broad SMARTS) is 1. The third-order valence-corrected chi connectivity index (χ3v) is 6.45. The van der Waals surface area contributed by atoms with Crippen molar-refractivity contribution in [1.82, 2.24) is 14.8 Å². The molecule has 0 radical (unpaired) electrons. The minimum atomic E-state index is -0.952. The van der Waals surface area contributed by atoms with E-state index in [1.807, 2.05) is 30.3 Å². The lowest BCUT2D eigenvalue weighted by Crippen LogP contribution is -2.13. The molecule has 0 atom stereocenters. The van der Waals surface area contributed by atoms with Gasteiger partial charge in [-0.2, -0.15) is 0 Å². The Morgan fingerprint density at radius 3 is 2.50 bits per heavy atom. The van der Waals surface area contributed by atoms with Crippen molar-refractivity contribution < 1.29 is 14.7 Å². The maximum absolute atomic E-state index is 12.9. The number of hydrogen-bond donors (Lipinski definition) is 1. The molecule has 0 saturated heterocycles. The molecule has 1 aliphatic rings. The fourth-order valence-electron chi connectivity index (χ4n) is 4.62. The molecule has 0 spiro atoms. The van der Waals surface area contributed by atoms with E-state index in [0.29, 0.717) is 43.1 Å². The van der Waals surface area contributed by atoms with E-state index >= 15 is 0 Å². The number of carbonyl (C=O) groups is 2. The van der Waals surface area contributed by atoms with Crippen molar-refractivity contribution in [1.29, 1.82) is 0 Å². The number of rotatable bonds is 9. The molecule has 0 amide bonds. The van der Waals surface area contributed by atoms with Gasteiger partial charge in [-0.15, -0.1) is 17.4 Å². The highest BCUT2D eigenvalue weighted by Gasteiger charge is 2.22. The lowest BCUT2D eigenvalue weighted by molar-refractivity contribution is 0.0697. The van der Waals surface area contributed by atoms with Crippen molar-refractivity contribution in [3.63, 3.8) is 0 Å². The molecular formula is C28H29N3O3. The summed E-state index contributed by atoms with van der Waals surface area (Å²) < 4.78 is 1.75. The summed E-state index contributed by atoms with van der Waals surface area (Å²) in [4.78, 5) is 29.0. The topological polar surface area (TPSA) is 85.1 Å². The smallest absolute Gasteiger partial charge is 0.336 e. The first-order valence-electron chi connectivity index (χ1n) is 11.9. The Morgan fingerprint density at radius 2 is 1.79 bits per heavy atom. The summed E-state index contributed by atoms with van der Waals surface area (Å²) in [5, 5.41) is 14.0. The maximum Gasteiger partial charge on any atom is 0.336 e. The number of carbonyl (C=O) groups excluding carboxylic acids is 1. The van der Waals surface area contributed by atoms with Gasteiger partial charge in [-0.1, -0.05) is 74.6 Å². The quantitative estimate of drug-likeness (QED) is 0.344. The van der Waals surface area contributed by atoms with E-state index in [0.717, 1.165) is 24.0 Å². The van der Waals surface area contributed by atoms with E-state index in [1.165, 1.54) is 19.3 Å². The Kier molecular flexibility index (Phi) is 7.54. The molecule has 1 aliphatic carbocycles. The van der Waals surface area contributed by atoms with Gasteiger partial charge in [0.05, 0.1) is 12.1 Å². The van der Waals surface area contributed by atoms with Gasteiger partial charge in [-0.3, -0.25) is 4.79 Å². The molecule has 1 heterocycles. The summed E-state index contributed by atoms with van der Waals surface area (Å²) >= 11 is 0. The second-order valence-electron chi connectivity index (χ2n) is 8.88. The largest absolute Gasteiger partial charge is 0.478 e. The normalized spacial score (nSPS) is 14.0. The predicted octanol–water partition coefficient (Wildman–Crippen LogP) is 5.41. The number of Topliss-reactive ketones (excluding diaryl/α,β-unsaturated/α-hetero) is 1. The molecule has 1 fully saturated rings. The van der Waals surface area contributed by atoms with Gasteiger partial charge in [-0.25, -0.2) is 14.5 Å². The van der Waals surface area contributed by atoms with Crippen LogP contribution in [0.3, 0.4) is 0 Å². The fraction of sp³-hybridized carbons (Fsp3) is 0.357. The number of carboxylic acids is 1. The molecular weight excluding hydrogens is 426 g/mol. The highest BCUT2D eigenvalue weighted by molar-refractivity contribution is 5.96. The van der Waals surface area contributed by atoms with E-state index < -0.39 is 5.97 Å². The minimum absolute atomic E-state index is 0.00762. The SMILES string of the molecule is C#CCCn1nc(C(=O)CC2CCCCC2)nc1Cc1ccc(-c2ccccc2C(=O)O)cc1. The first-order chi connectivity index (χ1) is 16.5. The number of terminal acetylenes is 1. The maximum atomic E-state index is 12.9. The number of nitrogens with zero attached hydrogens (tertiary/aromatic N) is 3. The molecule has 3 aromatic rings. The van der Waals surface area contributed by atoms with Crippen molar-refractivity contribution in [3.05, 3.63) is 71.3 Å². The molecule has 6 nitrogen and oxygen atoms in total. The van der Waals surface area contributed by atoms with E-state index in [2.05, 4.69) is 16.0 Å². The van der Waals surface area contributed by atoms with Crippen LogP contribution < -0.4 is 0 Å². The zero-order valence-corrected chi connectivity index (χ0v) is 19.2. The summed E-state index contributed by atoms with van der Waals surface area (Å²) in [5.74, 6) is 3.11. The number of aromatic carboxylic acids is 1. The fourth-order valence-corrected chi connectivity index (χ4v) is 4.62. The summed E-state index contributed by atoms with van der Waals surface area (Å²) in [6.45, 7) is 0.514. The predicted molar refractivity (Wildman–Crippen MR) is 131 cm³/mol. The molecule has 1 aromatic heterocycles. The van der Waals surface area contributed by atoms with Crippen LogP contribution in [0.15, 0.2) is 48.5 Å². The number of benzene rings is 2. The number of aromatic nitrogens is 3. The summed E-state index contributed by atoms with van der Waals surface area (Å²) in [6.07, 6.45) is 12.8. The number of ketones is 1. The second kappa shape index (κ2) is 10.9. The first kappa shape index (κ1) is 23.4. The minimum Gasteiger partial charge on any atom is -0.478 e. The Hall–Kier alpha value is -3.72. The standard InChI is InChI=1S/C28H29N3O3/c1-2-3-17-31-26(29-27(30-31)25(32)18-20-9-5-4-6-10-20)19-21-13-15-22(16-14-21)23-11-7-8-12-24(23)28(33)34/h1,7-8,11-16,20H,3-6,9-10,17-19H2,(H,33,34). The molecule has 1 saturated carbocycles. The average Bonchev–Trinajstić information content (AvgIpc) is 3.26. The van der Waals surface area contributed by atoms with Crippen LogP contribution in [0.2, 0.25) is 0 Å². The van der Waals surface area contributed by atoms with Gasteiger partial charge in [-0.05, 0) is 28.7 Å². The number of aryl methyl sites for hydroxylation is 1. The Labute approximate surface area is 200 Å². The molecule has 0 unspecified atom stereocenters. The van der Waals surface area contributed by atoms with E-state index in [-0.39, 0.29) is 17.2 Å². The van der Waals surface area contributed by atoms with Crippen molar-refractivity contribution in [3.8, 4) is 23.5 Å². The van der Waals surface area contributed by atoms with E-state index in [1.54, 1.807) is 22.9 Å². The van der Waals surface area contributed by atoms with Crippen LogP contribution in [0.5, 0.6) is 0 Å². The Bertz CT molecular complexity index is 1200. The third-order valence-electron chi connectivity index (χ3n) is 6.45. The molecule has 4 rings (SSSR count). The lowest BCUT2D eigenvalue weighted by Gasteiger charge is -2.19. The molecule has 34 heavy (non-hydrogen) atoms. The summed E-state index contributed by atoms with van der Waals surface area (Å²) in [7, 11) is 0. The van der Waals surface area contributed by atoms with Crippen LogP contribution in [0, 0.1) is 18.3 Å². The molecule has 1 N–H and O–H groups in total. The molecule has 2 aromatic carbocycles. The summed E-state index contributed by atoms with van der Waals surface area (Å²) in [5.41, 5.74) is 2.77. The number of hydrogen-bond acceptors (Lipinski definition) is 4. The van der Waals surface area contributed by atoms with Crippen molar-refractivity contribution in [2.75, 3.05) is 0 Å². The molecule has 0 bridgehead atoms. The van der Waals surface area contributed by atoms with Crippen molar-refractivity contribution in [2.45, 2.75) is 57.9 Å². The molecule has 6 heteroatoms. The van der Waals surface area contributed by atoms with Gasteiger partial charge in [0.2, 0.25) is 11.6 Å². The zero-order chi connectivity index (χ0) is 23.9. The van der Waals surface area contributed by atoms with Crippen LogP contribution in [-0.2, 0) is 13.0 Å². The lowest BCUT2D eigenvalue weighted by atomic mass is 9.86. The van der Waals surface area contributed by atoms with Gasteiger partial charge < -0.3 is 5.11 Å². The van der Waals surface area contributed by atoms with Gasteiger partial charge in [0.15, 0.2) is 0 Å². The van der Waals surface area contributed by atoms with Gasteiger partial charge >= 0.3 is 5.97 Å². The zero-order valence-electron chi connectivity index (χ0n) is 19.2. The molecule has 174 valence electrons. The Morgan fingerprint density at radius 1 is 1.06 bits per heavy atom. The van der Waals surface area contributed by atoms with Crippen LogP contribution >= 0.6 is 0 Å². The van der Waals surface area contributed by atoms with Crippen LogP contribution in [0.4, 0.5) is 0 Å². The van der Waals surface area contributed by atoms with Gasteiger partial charge in [0.25, 0.3) is 0 Å². The van der Waals surface area contributed by atoms with Crippen LogP contribution in [-0.4, -0.2) is 31.6 Å². The van der Waals surface area contributed by atoms with E-state index in [4.69, 9.17) is 6.42 Å². The van der Waals surface area contributed by atoms with Gasteiger partial charge in [0, 0.05) is 19.3 Å². The van der Waals surface area contributed by atoms with E-state index in [9.17, 15) is 14.7 Å². The first-order valence-corrected chi connectivity index (χ1v) is 11.9. The Balaban J connectivity index is 1.52. The van der Waals surface area contributed by atoms with Crippen LogP contribution in [0.1, 0.15) is 77.3 Å². The van der Waals surface area contributed by atoms with Gasteiger partial charge in [0.1, 0.15) is 5.82 Å². The van der Waals surface area contributed by atoms with Crippen molar-refractivity contribution in [2.24, 2.45) is 5.92 Å². The third kappa shape index (κ3) is 5.60. The highest BCUT2D eigenvalue weighted by atomic mass is 16.4. The second-order valence-corrected chi connectivity index (χ2v) is 8.88. The average molecular weight is 456 g/mol. The summed E-state index contributed by atoms with van der Waals surface area (Å²) in [6, 6.07) is 14.7. The van der Waals surface area contributed by atoms with Crippen molar-refractivity contribution >= 4 is 11.8 Å². The highest BCUT2D eigenvalue weighted by Crippen LogP contribution is 2.28. The molecule has 0 aliphatic heterocycles.